The summed E-state index contributed by atoms with van der Waals surface area (Å²) in [6.07, 6.45) is 3.60. The van der Waals surface area contributed by atoms with Crippen molar-refractivity contribution in [1.29, 1.82) is 0 Å². The second kappa shape index (κ2) is 6.42. The molecule has 2 unspecified atom stereocenters. The predicted molar refractivity (Wildman–Crippen MR) is 95.9 cm³/mol. The third kappa shape index (κ3) is 2.93. The second-order valence-corrected chi connectivity index (χ2v) is 8.58. The van der Waals surface area contributed by atoms with E-state index in [0.29, 0.717) is 10.0 Å². The van der Waals surface area contributed by atoms with Crippen molar-refractivity contribution in [3.8, 4) is 0 Å². The van der Waals surface area contributed by atoms with Crippen molar-refractivity contribution in [2.24, 2.45) is 11.8 Å². The van der Waals surface area contributed by atoms with Crippen LogP contribution in [0.2, 0.25) is 0 Å². The normalized spacial score (nSPS) is 23.3. The number of carbonyl (C=O) groups is 3. The number of hydrogen-bond acceptors (Lipinski definition) is 6. The summed E-state index contributed by atoms with van der Waals surface area (Å²) in [5.41, 5.74) is 1.34. The molecule has 2 aromatic rings. The Hall–Kier alpha value is -1.93. The van der Waals surface area contributed by atoms with Gasteiger partial charge < -0.3 is 5.11 Å². The van der Waals surface area contributed by atoms with Gasteiger partial charge in [-0.1, -0.05) is 24.6 Å². The summed E-state index contributed by atoms with van der Waals surface area (Å²) in [5.74, 6) is -1.43. The maximum Gasteiger partial charge on any atom is 0.313 e. The molecule has 1 saturated heterocycles. The lowest BCUT2D eigenvalue weighted by Crippen LogP contribution is -2.30. The van der Waals surface area contributed by atoms with Crippen LogP contribution in [0.5, 0.6) is 0 Å². The summed E-state index contributed by atoms with van der Waals surface area (Å²) in [5, 5.41) is 8.77. The molecule has 2 fully saturated rings. The molecule has 1 saturated carbocycles. The summed E-state index contributed by atoms with van der Waals surface area (Å²) < 4.78 is 1.52. The summed E-state index contributed by atoms with van der Waals surface area (Å²) >= 11 is 2.55. The van der Waals surface area contributed by atoms with E-state index >= 15 is 0 Å². The van der Waals surface area contributed by atoms with Gasteiger partial charge in [0.2, 0.25) is 11.8 Å². The summed E-state index contributed by atoms with van der Waals surface area (Å²) in [6.45, 7) is 0. The molecule has 2 amide bonds. The van der Waals surface area contributed by atoms with Gasteiger partial charge in [0.05, 0.1) is 33.5 Å². The van der Waals surface area contributed by atoms with Crippen LogP contribution in [0.3, 0.4) is 0 Å². The van der Waals surface area contributed by atoms with Crippen LogP contribution in [0, 0.1) is 11.8 Å². The van der Waals surface area contributed by atoms with Gasteiger partial charge in [-0.05, 0) is 31.0 Å². The van der Waals surface area contributed by atoms with Crippen LogP contribution in [0.25, 0.3) is 10.2 Å². The van der Waals surface area contributed by atoms with Gasteiger partial charge in [-0.15, -0.1) is 11.3 Å². The van der Waals surface area contributed by atoms with Crippen molar-refractivity contribution in [2.45, 2.75) is 30.0 Å². The van der Waals surface area contributed by atoms with Crippen LogP contribution >= 0.6 is 23.1 Å². The molecular formula is C17H16N2O4S2. The highest BCUT2D eigenvalue weighted by Gasteiger charge is 2.48. The van der Waals surface area contributed by atoms with Gasteiger partial charge in [-0.2, -0.15) is 0 Å². The Morgan fingerprint density at radius 3 is 2.56 bits per heavy atom. The van der Waals surface area contributed by atoms with E-state index in [0.717, 1.165) is 35.9 Å². The first-order chi connectivity index (χ1) is 12.0. The van der Waals surface area contributed by atoms with Crippen molar-refractivity contribution in [3.05, 3.63) is 18.2 Å². The Balaban J connectivity index is 1.64. The topological polar surface area (TPSA) is 87.6 Å². The van der Waals surface area contributed by atoms with E-state index in [1.807, 2.05) is 6.07 Å². The highest BCUT2D eigenvalue weighted by atomic mass is 32.2. The lowest BCUT2D eigenvalue weighted by Gasteiger charge is -2.19. The number of nitrogens with zero attached hydrogens (tertiary/aromatic N) is 2. The quantitative estimate of drug-likeness (QED) is 0.651. The molecule has 0 bridgehead atoms. The Bertz CT molecular complexity index is 855. The van der Waals surface area contributed by atoms with Crippen molar-refractivity contribution < 1.29 is 19.5 Å². The molecule has 1 N–H and O–H groups in total. The molecule has 1 aliphatic heterocycles. The van der Waals surface area contributed by atoms with E-state index in [1.54, 1.807) is 12.1 Å². The number of thioether (sulfide) groups is 1. The van der Waals surface area contributed by atoms with Crippen LogP contribution in [0.1, 0.15) is 25.7 Å². The number of anilines is 1. The molecule has 1 aromatic heterocycles. The van der Waals surface area contributed by atoms with E-state index < -0.39 is 5.97 Å². The number of rotatable bonds is 4. The third-order valence-corrected chi connectivity index (χ3v) is 6.92. The smallest absolute Gasteiger partial charge is 0.313 e. The minimum absolute atomic E-state index is 0.0425. The fourth-order valence-electron chi connectivity index (χ4n) is 3.63. The van der Waals surface area contributed by atoms with Crippen molar-refractivity contribution >= 4 is 56.8 Å². The number of aliphatic carboxylic acids is 1. The lowest BCUT2D eigenvalue weighted by molar-refractivity contribution is -0.134. The Morgan fingerprint density at radius 2 is 1.92 bits per heavy atom. The number of hydrogen-bond donors (Lipinski definition) is 1. The minimum atomic E-state index is -0.888. The van der Waals surface area contributed by atoms with Gasteiger partial charge >= 0.3 is 5.97 Å². The lowest BCUT2D eigenvalue weighted by atomic mass is 9.81. The highest BCUT2D eigenvalue weighted by molar-refractivity contribution is 8.01. The number of carboxylic acids is 1. The Morgan fingerprint density at radius 1 is 1.24 bits per heavy atom. The zero-order valence-corrected chi connectivity index (χ0v) is 14.9. The second-order valence-electron chi connectivity index (χ2n) is 6.32. The zero-order chi connectivity index (χ0) is 17.6. The van der Waals surface area contributed by atoms with E-state index in [4.69, 9.17) is 5.11 Å². The molecule has 0 spiro atoms. The van der Waals surface area contributed by atoms with Gasteiger partial charge in [-0.3, -0.25) is 19.3 Å². The number of aromatic nitrogens is 1. The molecule has 2 atom stereocenters. The summed E-state index contributed by atoms with van der Waals surface area (Å²) in [6, 6.07) is 5.35. The monoisotopic (exact) mass is 376 g/mol. The maximum atomic E-state index is 12.7. The first kappa shape index (κ1) is 16.5. The molecule has 2 aliphatic rings. The molecule has 25 heavy (non-hydrogen) atoms. The number of carbonyl (C=O) groups excluding carboxylic acids is 2. The first-order valence-corrected chi connectivity index (χ1v) is 9.98. The Labute approximate surface area is 152 Å². The molecular weight excluding hydrogens is 360 g/mol. The third-order valence-electron chi connectivity index (χ3n) is 4.77. The number of imide groups is 1. The largest absolute Gasteiger partial charge is 0.481 e. The fourth-order valence-corrected chi connectivity index (χ4v) is 5.45. The molecule has 1 aliphatic carbocycles. The minimum Gasteiger partial charge on any atom is -0.481 e. The van der Waals surface area contributed by atoms with Crippen molar-refractivity contribution in [3.63, 3.8) is 0 Å². The number of carboxylic acid groups (broad SMARTS) is 1. The van der Waals surface area contributed by atoms with E-state index in [9.17, 15) is 14.4 Å². The molecule has 6 nitrogen and oxygen atoms in total. The van der Waals surface area contributed by atoms with Crippen molar-refractivity contribution in [1.82, 2.24) is 4.98 Å². The highest BCUT2D eigenvalue weighted by Crippen LogP contribution is 2.41. The van der Waals surface area contributed by atoms with Crippen molar-refractivity contribution in [2.75, 3.05) is 10.7 Å². The zero-order valence-electron chi connectivity index (χ0n) is 13.3. The molecule has 8 heteroatoms. The van der Waals surface area contributed by atoms with Gasteiger partial charge in [0, 0.05) is 0 Å². The first-order valence-electron chi connectivity index (χ1n) is 8.17. The standard InChI is InChI=1S/C17H16N2O4S2/c20-14(21)8-24-17-18-12-6-5-9(7-13(12)25-17)19-15(22)10-3-1-2-4-11(10)16(19)23/h5-7,10-11H,1-4,8H2,(H,20,21). The number of fused-ring (bicyclic) bond motifs is 2. The molecule has 4 rings (SSSR count). The van der Waals surface area contributed by atoms with Crippen LogP contribution in [-0.4, -0.2) is 33.6 Å². The fraction of sp³-hybridized carbons (Fsp3) is 0.412. The molecule has 2 heterocycles. The van der Waals surface area contributed by atoms with Gasteiger partial charge in [-0.25, -0.2) is 4.98 Å². The molecule has 0 radical (unpaired) electrons. The number of benzene rings is 1. The van der Waals surface area contributed by atoms with Gasteiger partial charge in [0.1, 0.15) is 0 Å². The van der Waals surface area contributed by atoms with E-state index in [-0.39, 0.29) is 29.4 Å². The maximum absolute atomic E-state index is 12.7. The van der Waals surface area contributed by atoms with Gasteiger partial charge in [0.25, 0.3) is 0 Å². The van der Waals surface area contributed by atoms with Crippen LogP contribution in [0.4, 0.5) is 5.69 Å². The Kier molecular flexibility index (Phi) is 4.24. The van der Waals surface area contributed by atoms with E-state index in [2.05, 4.69) is 4.98 Å². The predicted octanol–water partition coefficient (Wildman–Crippen LogP) is 3.15. The molecule has 1 aromatic carbocycles. The van der Waals surface area contributed by atoms with Gasteiger partial charge in [0.15, 0.2) is 4.34 Å². The average Bonchev–Trinajstić information content (AvgIpc) is 3.12. The summed E-state index contributed by atoms with van der Waals surface area (Å²) in [7, 11) is 0. The summed E-state index contributed by atoms with van der Waals surface area (Å²) in [4.78, 5) is 41.8. The average molecular weight is 376 g/mol. The van der Waals surface area contributed by atoms with Crippen LogP contribution in [-0.2, 0) is 14.4 Å². The number of thiazole rings is 1. The number of amides is 2. The molecule has 130 valence electrons. The SMILES string of the molecule is O=C(O)CSc1nc2ccc(N3C(=O)C4CCCCC4C3=O)cc2s1. The van der Waals surface area contributed by atoms with Crippen LogP contribution < -0.4 is 4.90 Å². The van der Waals surface area contributed by atoms with E-state index in [1.165, 1.54) is 28.0 Å². The van der Waals surface area contributed by atoms with Crippen LogP contribution in [0.15, 0.2) is 22.5 Å².